The molecule has 0 radical (unpaired) electrons. The summed E-state index contributed by atoms with van der Waals surface area (Å²) in [5.41, 5.74) is -0.382. The van der Waals surface area contributed by atoms with Gasteiger partial charge in [-0.05, 0) is 24.1 Å². The Morgan fingerprint density at radius 2 is 2.22 bits per heavy atom. The Kier molecular flexibility index (Phi) is 5.16. The quantitative estimate of drug-likeness (QED) is 0.847. The SMILES string of the molecule is COCC(Nc1cccc(Br)c1)(C(=O)O)C(C)C. The van der Waals surface area contributed by atoms with Gasteiger partial charge in [0.15, 0.2) is 5.54 Å². The van der Waals surface area contributed by atoms with Gasteiger partial charge in [-0.2, -0.15) is 0 Å². The molecule has 0 saturated carbocycles. The molecule has 0 fully saturated rings. The van der Waals surface area contributed by atoms with Crippen molar-refractivity contribution >= 4 is 27.6 Å². The van der Waals surface area contributed by atoms with Crippen molar-refractivity contribution in [1.29, 1.82) is 0 Å². The maximum Gasteiger partial charge on any atom is 0.332 e. The summed E-state index contributed by atoms with van der Waals surface area (Å²) in [7, 11) is 1.50. The summed E-state index contributed by atoms with van der Waals surface area (Å²) < 4.78 is 5.97. The molecule has 0 spiro atoms. The summed E-state index contributed by atoms with van der Waals surface area (Å²) in [6, 6.07) is 7.42. The van der Waals surface area contributed by atoms with E-state index in [1.54, 1.807) is 0 Å². The van der Waals surface area contributed by atoms with Gasteiger partial charge < -0.3 is 15.2 Å². The fourth-order valence-corrected chi connectivity index (χ4v) is 2.16. The number of methoxy groups -OCH3 is 1. The van der Waals surface area contributed by atoms with Crippen LogP contribution in [0.5, 0.6) is 0 Å². The molecule has 0 heterocycles. The number of ether oxygens (including phenoxy) is 1. The minimum atomic E-state index is -1.13. The van der Waals surface area contributed by atoms with Gasteiger partial charge in [0.2, 0.25) is 0 Å². The molecule has 0 bridgehead atoms. The second-order valence-corrected chi connectivity index (χ2v) is 5.42. The smallest absolute Gasteiger partial charge is 0.332 e. The van der Waals surface area contributed by atoms with E-state index >= 15 is 0 Å². The largest absolute Gasteiger partial charge is 0.479 e. The van der Waals surface area contributed by atoms with Crippen LogP contribution in [0.4, 0.5) is 5.69 Å². The van der Waals surface area contributed by atoms with E-state index in [2.05, 4.69) is 21.2 Å². The van der Waals surface area contributed by atoms with Crippen LogP contribution in [0, 0.1) is 5.92 Å². The van der Waals surface area contributed by atoms with Crippen LogP contribution in [0.15, 0.2) is 28.7 Å². The number of carbonyl (C=O) groups is 1. The van der Waals surface area contributed by atoms with Gasteiger partial charge >= 0.3 is 5.97 Å². The summed E-state index contributed by atoms with van der Waals surface area (Å²) in [6.07, 6.45) is 0. The highest BCUT2D eigenvalue weighted by Crippen LogP contribution is 2.26. The van der Waals surface area contributed by atoms with Gasteiger partial charge in [-0.3, -0.25) is 0 Å². The third-order valence-electron chi connectivity index (χ3n) is 2.93. The Morgan fingerprint density at radius 3 is 2.67 bits per heavy atom. The minimum absolute atomic E-state index is 0.104. The number of carboxylic acid groups (broad SMARTS) is 1. The number of benzene rings is 1. The fourth-order valence-electron chi connectivity index (χ4n) is 1.76. The number of nitrogens with one attached hydrogen (secondary N) is 1. The first kappa shape index (κ1) is 15.0. The Balaban J connectivity index is 3.08. The molecule has 2 N–H and O–H groups in total. The third kappa shape index (κ3) is 3.23. The van der Waals surface area contributed by atoms with E-state index in [4.69, 9.17) is 4.74 Å². The minimum Gasteiger partial charge on any atom is -0.479 e. The Labute approximate surface area is 115 Å². The Hall–Kier alpha value is -1.07. The molecule has 4 nitrogen and oxygen atoms in total. The first-order valence-electron chi connectivity index (χ1n) is 5.68. The van der Waals surface area contributed by atoms with Crippen molar-refractivity contribution < 1.29 is 14.6 Å². The van der Waals surface area contributed by atoms with Crippen molar-refractivity contribution in [1.82, 2.24) is 0 Å². The van der Waals surface area contributed by atoms with E-state index in [9.17, 15) is 9.90 Å². The second-order valence-electron chi connectivity index (χ2n) is 4.50. The average molecular weight is 316 g/mol. The van der Waals surface area contributed by atoms with Crippen LogP contribution >= 0.6 is 15.9 Å². The maximum absolute atomic E-state index is 11.6. The van der Waals surface area contributed by atoms with E-state index in [-0.39, 0.29) is 12.5 Å². The lowest BCUT2D eigenvalue weighted by Crippen LogP contribution is -2.54. The molecule has 0 amide bonds. The molecule has 0 aliphatic heterocycles. The third-order valence-corrected chi connectivity index (χ3v) is 3.42. The molecule has 5 heteroatoms. The van der Waals surface area contributed by atoms with Gasteiger partial charge in [-0.1, -0.05) is 35.8 Å². The predicted octanol–water partition coefficient (Wildman–Crippen LogP) is 2.99. The Bertz CT molecular complexity index is 422. The molecule has 0 aliphatic carbocycles. The lowest BCUT2D eigenvalue weighted by atomic mass is 9.86. The summed E-state index contributed by atoms with van der Waals surface area (Å²) in [6.45, 7) is 3.82. The molecular weight excluding hydrogens is 298 g/mol. The summed E-state index contributed by atoms with van der Waals surface area (Å²) >= 11 is 3.36. The number of hydrogen-bond acceptors (Lipinski definition) is 3. The van der Waals surface area contributed by atoms with Gasteiger partial charge in [-0.15, -0.1) is 0 Å². The molecule has 0 saturated heterocycles. The number of halogens is 1. The van der Waals surface area contributed by atoms with Gasteiger partial charge in [0.1, 0.15) is 0 Å². The van der Waals surface area contributed by atoms with E-state index < -0.39 is 11.5 Å². The predicted molar refractivity (Wildman–Crippen MR) is 74.8 cm³/mol. The molecule has 1 atom stereocenters. The molecule has 0 aromatic heterocycles. The van der Waals surface area contributed by atoms with E-state index in [0.717, 1.165) is 10.2 Å². The van der Waals surface area contributed by atoms with Crippen molar-refractivity contribution in [3.8, 4) is 0 Å². The normalized spacial score (nSPS) is 14.3. The molecule has 1 unspecified atom stereocenters. The number of hydrogen-bond donors (Lipinski definition) is 2. The fraction of sp³-hybridized carbons (Fsp3) is 0.462. The van der Waals surface area contributed by atoms with Crippen LogP contribution in [0.3, 0.4) is 0 Å². The number of anilines is 1. The van der Waals surface area contributed by atoms with Crippen LogP contribution in [0.2, 0.25) is 0 Å². The van der Waals surface area contributed by atoms with E-state index in [0.29, 0.717) is 0 Å². The topological polar surface area (TPSA) is 58.6 Å². The molecule has 0 aliphatic rings. The molecule has 100 valence electrons. The summed E-state index contributed by atoms with van der Waals surface area (Å²) in [4.78, 5) is 11.6. The van der Waals surface area contributed by atoms with Crippen molar-refractivity contribution in [3.05, 3.63) is 28.7 Å². The van der Waals surface area contributed by atoms with E-state index in [1.165, 1.54) is 7.11 Å². The maximum atomic E-state index is 11.6. The highest BCUT2D eigenvalue weighted by atomic mass is 79.9. The lowest BCUT2D eigenvalue weighted by molar-refractivity contribution is -0.146. The highest BCUT2D eigenvalue weighted by Gasteiger charge is 2.42. The zero-order valence-corrected chi connectivity index (χ0v) is 12.3. The van der Waals surface area contributed by atoms with E-state index in [1.807, 2.05) is 38.1 Å². The zero-order chi connectivity index (χ0) is 13.8. The van der Waals surface area contributed by atoms with Gasteiger partial charge in [0.25, 0.3) is 0 Å². The van der Waals surface area contributed by atoms with Gasteiger partial charge in [0, 0.05) is 17.3 Å². The zero-order valence-electron chi connectivity index (χ0n) is 10.7. The molecule has 18 heavy (non-hydrogen) atoms. The molecular formula is C13H18BrNO3. The van der Waals surface area contributed by atoms with Crippen LogP contribution in [-0.2, 0) is 9.53 Å². The van der Waals surface area contributed by atoms with Crippen molar-refractivity contribution in [2.75, 3.05) is 19.0 Å². The monoisotopic (exact) mass is 315 g/mol. The number of carboxylic acids is 1. The second kappa shape index (κ2) is 6.20. The van der Waals surface area contributed by atoms with Crippen molar-refractivity contribution in [2.45, 2.75) is 19.4 Å². The Morgan fingerprint density at radius 1 is 1.56 bits per heavy atom. The first-order chi connectivity index (χ1) is 8.42. The molecule has 1 aromatic carbocycles. The van der Waals surface area contributed by atoms with Gasteiger partial charge in [-0.25, -0.2) is 4.79 Å². The lowest BCUT2D eigenvalue weighted by Gasteiger charge is -2.34. The van der Waals surface area contributed by atoms with Crippen molar-refractivity contribution in [2.24, 2.45) is 5.92 Å². The van der Waals surface area contributed by atoms with Gasteiger partial charge in [0.05, 0.1) is 6.61 Å². The number of aliphatic carboxylic acids is 1. The van der Waals surface area contributed by atoms with Crippen LogP contribution in [0.25, 0.3) is 0 Å². The molecule has 1 rings (SSSR count). The van der Waals surface area contributed by atoms with Crippen LogP contribution in [-0.4, -0.2) is 30.3 Å². The number of rotatable bonds is 6. The highest BCUT2D eigenvalue weighted by molar-refractivity contribution is 9.10. The molecule has 1 aromatic rings. The summed E-state index contributed by atoms with van der Waals surface area (Å²) in [5, 5.41) is 12.6. The standard InChI is InChI=1S/C13H18BrNO3/c1-9(2)13(8-18-3,12(16)17)15-11-6-4-5-10(14)7-11/h4-7,9,15H,8H2,1-3H3,(H,16,17). The average Bonchev–Trinajstić information content (AvgIpc) is 2.27. The van der Waals surface area contributed by atoms with Crippen LogP contribution in [0.1, 0.15) is 13.8 Å². The summed E-state index contributed by atoms with van der Waals surface area (Å²) in [5.74, 6) is -1.03. The van der Waals surface area contributed by atoms with Crippen molar-refractivity contribution in [3.63, 3.8) is 0 Å². The first-order valence-corrected chi connectivity index (χ1v) is 6.47. The van der Waals surface area contributed by atoms with Crippen LogP contribution < -0.4 is 5.32 Å².